The van der Waals surface area contributed by atoms with E-state index in [9.17, 15) is 0 Å². The molecule has 0 aromatic rings. The highest BCUT2D eigenvalue weighted by Gasteiger charge is 1.94. The molecule has 0 bridgehead atoms. The molecule has 1 aliphatic rings. The third-order valence-corrected chi connectivity index (χ3v) is 1.49. The van der Waals surface area contributed by atoms with Crippen molar-refractivity contribution in [3.05, 3.63) is 35.6 Å². The van der Waals surface area contributed by atoms with E-state index in [2.05, 4.69) is 6.08 Å². The first kappa shape index (κ1) is 7.13. The van der Waals surface area contributed by atoms with Crippen LogP contribution in [0.5, 0.6) is 0 Å². The Morgan fingerprint density at radius 2 is 2.30 bits per heavy atom. The summed E-state index contributed by atoms with van der Waals surface area (Å²) in [6.45, 7) is 2.03. The quantitative estimate of drug-likeness (QED) is 0.507. The van der Waals surface area contributed by atoms with Crippen molar-refractivity contribution >= 4 is 0 Å². The van der Waals surface area contributed by atoms with Gasteiger partial charge < -0.3 is 5.11 Å². The molecule has 0 aromatic carbocycles. The minimum absolute atomic E-state index is 0.449. The summed E-state index contributed by atoms with van der Waals surface area (Å²) in [5.41, 5.74) is 1.23. The lowest BCUT2D eigenvalue weighted by molar-refractivity contribution is 0.398. The first-order chi connectivity index (χ1) is 4.79. The van der Waals surface area contributed by atoms with Gasteiger partial charge in [-0.1, -0.05) is 23.8 Å². The van der Waals surface area contributed by atoms with Gasteiger partial charge in [-0.2, -0.15) is 0 Å². The van der Waals surface area contributed by atoms with Crippen LogP contribution in [-0.2, 0) is 0 Å². The van der Waals surface area contributed by atoms with Gasteiger partial charge in [-0.3, -0.25) is 0 Å². The molecule has 0 saturated heterocycles. The fraction of sp³-hybridized carbons (Fsp3) is 0.333. The SMILES string of the molecule is C/C1=C/CC=C/C=C(/O)C1. The van der Waals surface area contributed by atoms with Crippen LogP contribution in [0.3, 0.4) is 0 Å². The standard InChI is InChI=1S/C9H12O/c1-8-5-3-2-4-6-9(10)7-8/h2,4-6,10H,3,7H2,1H3/b4-2?,8-5-,9-6+. The highest BCUT2D eigenvalue weighted by Crippen LogP contribution is 2.11. The van der Waals surface area contributed by atoms with Crippen molar-refractivity contribution in [1.29, 1.82) is 0 Å². The lowest BCUT2D eigenvalue weighted by Gasteiger charge is -2.01. The van der Waals surface area contributed by atoms with Crippen LogP contribution in [0.15, 0.2) is 35.6 Å². The summed E-state index contributed by atoms with van der Waals surface area (Å²) in [4.78, 5) is 0. The lowest BCUT2D eigenvalue weighted by atomic mass is 10.1. The fourth-order valence-electron chi connectivity index (χ4n) is 0.944. The third-order valence-electron chi connectivity index (χ3n) is 1.49. The van der Waals surface area contributed by atoms with Crippen LogP contribution < -0.4 is 0 Å². The Hall–Kier alpha value is -0.980. The van der Waals surface area contributed by atoms with E-state index >= 15 is 0 Å². The minimum Gasteiger partial charge on any atom is -0.512 e. The lowest BCUT2D eigenvalue weighted by Crippen LogP contribution is -1.84. The molecule has 54 valence electrons. The van der Waals surface area contributed by atoms with Crippen molar-refractivity contribution in [3.8, 4) is 0 Å². The highest BCUT2D eigenvalue weighted by molar-refractivity contribution is 5.18. The van der Waals surface area contributed by atoms with Gasteiger partial charge in [0.15, 0.2) is 0 Å². The molecule has 0 aromatic heterocycles. The number of allylic oxidation sites excluding steroid dienone is 5. The maximum absolute atomic E-state index is 9.15. The summed E-state index contributed by atoms with van der Waals surface area (Å²) in [5.74, 6) is 0.449. The molecule has 1 aliphatic carbocycles. The van der Waals surface area contributed by atoms with E-state index < -0.39 is 0 Å². The van der Waals surface area contributed by atoms with Gasteiger partial charge in [0, 0.05) is 6.42 Å². The van der Waals surface area contributed by atoms with Crippen molar-refractivity contribution in [1.82, 2.24) is 0 Å². The molecule has 0 unspecified atom stereocenters. The predicted octanol–water partition coefficient (Wildman–Crippen LogP) is 2.72. The first-order valence-electron chi connectivity index (χ1n) is 3.49. The molecular weight excluding hydrogens is 124 g/mol. The van der Waals surface area contributed by atoms with Gasteiger partial charge in [-0.05, 0) is 19.4 Å². The molecule has 0 aliphatic heterocycles. The van der Waals surface area contributed by atoms with E-state index in [0.29, 0.717) is 12.2 Å². The average molecular weight is 136 g/mol. The molecule has 0 radical (unpaired) electrons. The average Bonchev–Trinajstić information content (AvgIpc) is 1.83. The summed E-state index contributed by atoms with van der Waals surface area (Å²) >= 11 is 0. The van der Waals surface area contributed by atoms with Crippen molar-refractivity contribution in [3.63, 3.8) is 0 Å². The molecular formula is C9H12O. The number of aliphatic hydroxyl groups is 1. The van der Waals surface area contributed by atoms with Crippen LogP contribution in [-0.4, -0.2) is 5.11 Å². The van der Waals surface area contributed by atoms with Crippen LogP contribution in [0.25, 0.3) is 0 Å². The van der Waals surface area contributed by atoms with E-state index in [1.165, 1.54) is 5.57 Å². The number of hydrogen-bond acceptors (Lipinski definition) is 1. The molecule has 0 spiro atoms. The monoisotopic (exact) mass is 136 g/mol. The van der Waals surface area contributed by atoms with Crippen LogP contribution in [0.4, 0.5) is 0 Å². The topological polar surface area (TPSA) is 20.2 Å². The summed E-state index contributed by atoms with van der Waals surface area (Å²) < 4.78 is 0. The molecule has 1 heteroatoms. The normalized spacial score (nSPS) is 29.3. The fourth-order valence-corrected chi connectivity index (χ4v) is 0.944. The van der Waals surface area contributed by atoms with Crippen LogP contribution in [0.1, 0.15) is 19.8 Å². The maximum atomic E-state index is 9.15. The number of hydrogen-bond donors (Lipinski definition) is 1. The third kappa shape index (κ3) is 2.09. The van der Waals surface area contributed by atoms with Gasteiger partial charge in [0.25, 0.3) is 0 Å². The smallest absolute Gasteiger partial charge is 0.0962 e. The summed E-state index contributed by atoms with van der Waals surface area (Å²) in [6, 6.07) is 0. The van der Waals surface area contributed by atoms with E-state index in [1.54, 1.807) is 6.08 Å². The Morgan fingerprint density at radius 1 is 1.50 bits per heavy atom. The molecule has 0 amide bonds. The molecule has 0 heterocycles. The predicted molar refractivity (Wildman–Crippen MR) is 42.8 cm³/mol. The van der Waals surface area contributed by atoms with Crippen LogP contribution >= 0.6 is 0 Å². The van der Waals surface area contributed by atoms with Gasteiger partial charge in [-0.15, -0.1) is 0 Å². The maximum Gasteiger partial charge on any atom is 0.0962 e. The molecule has 0 fully saturated rings. The van der Waals surface area contributed by atoms with Crippen LogP contribution in [0.2, 0.25) is 0 Å². The Labute approximate surface area is 61.4 Å². The molecule has 0 atom stereocenters. The number of aliphatic hydroxyl groups excluding tert-OH is 1. The molecule has 1 rings (SSSR count). The Kier molecular flexibility index (Phi) is 2.32. The van der Waals surface area contributed by atoms with Gasteiger partial charge in [-0.25, -0.2) is 0 Å². The summed E-state index contributed by atoms with van der Waals surface area (Å²) in [7, 11) is 0. The van der Waals surface area contributed by atoms with Gasteiger partial charge in [0.2, 0.25) is 0 Å². The molecule has 0 saturated carbocycles. The second-order valence-corrected chi connectivity index (χ2v) is 2.55. The second-order valence-electron chi connectivity index (χ2n) is 2.55. The first-order valence-corrected chi connectivity index (χ1v) is 3.49. The molecule has 10 heavy (non-hydrogen) atoms. The summed E-state index contributed by atoms with van der Waals surface area (Å²) in [6.07, 6.45) is 9.47. The van der Waals surface area contributed by atoms with Gasteiger partial charge >= 0.3 is 0 Å². The minimum atomic E-state index is 0.449. The Balaban J connectivity index is 2.73. The zero-order valence-corrected chi connectivity index (χ0v) is 6.17. The Bertz CT molecular complexity index is 197. The van der Waals surface area contributed by atoms with Gasteiger partial charge in [0.1, 0.15) is 0 Å². The zero-order chi connectivity index (χ0) is 7.40. The van der Waals surface area contributed by atoms with E-state index in [-0.39, 0.29) is 0 Å². The van der Waals surface area contributed by atoms with Crippen molar-refractivity contribution in [2.45, 2.75) is 19.8 Å². The van der Waals surface area contributed by atoms with Crippen molar-refractivity contribution in [2.75, 3.05) is 0 Å². The summed E-state index contributed by atoms with van der Waals surface area (Å²) in [5, 5.41) is 9.15. The van der Waals surface area contributed by atoms with E-state index in [1.807, 2.05) is 19.1 Å². The van der Waals surface area contributed by atoms with Crippen molar-refractivity contribution in [2.24, 2.45) is 0 Å². The number of rotatable bonds is 0. The molecule has 1 nitrogen and oxygen atoms in total. The van der Waals surface area contributed by atoms with Crippen LogP contribution in [0, 0.1) is 0 Å². The second kappa shape index (κ2) is 3.25. The van der Waals surface area contributed by atoms with Gasteiger partial charge in [0.05, 0.1) is 5.76 Å². The Morgan fingerprint density at radius 3 is 3.10 bits per heavy atom. The van der Waals surface area contributed by atoms with Crippen molar-refractivity contribution < 1.29 is 5.11 Å². The van der Waals surface area contributed by atoms with E-state index in [4.69, 9.17) is 5.11 Å². The highest BCUT2D eigenvalue weighted by atomic mass is 16.3. The molecule has 1 N–H and O–H groups in total. The zero-order valence-electron chi connectivity index (χ0n) is 6.17. The van der Waals surface area contributed by atoms with E-state index in [0.717, 1.165) is 6.42 Å². The largest absolute Gasteiger partial charge is 0.512 e.